The SMILES string of the molecule is CCCC(CC)/C(O)=C1\C=CC=C1C(=O)C1CCCCC1. The summed E-state index contributed by atoms with van der Waals surface area (Å²) >= 11 is 0. The predicted octanol–water partition coefficient (Wildman–Crippen LogP) is 5.27. The first-order valence-corrected chi connectivity index (χ1v) is 8.55. The fourth-order valence-corrected chi connectivity index (χ4v) is 3.55. The molecule has 2 aliphatic carbocycles. The zero-order valence-electron chi connectivity index (χ0n) is 13.4. The van der Waals surface area contributed by atoms with E-state index < -0.39 is 0 Å². The molecule has 1 saturated carbocycles. The number of Topliss-reactive ketones (excluding diaryl/α,β-unsaturated/α-hetero) is 1. The topological polar surface area (TPSA) is 37.3 Å². The van der Waals surface area contributed by atoms with Crippen molar-refractivity contribution in [3.05, 3.63) is 35.1 Å². The quantitative estimate of drug-likeness (QED) is 0.676. The Morgan fingerprint density at radius 1 is 1.29 bits per heavy atom. The molecular formula is C19H28O2. The van der Waals surface area contributed by atoms with Gasteiger partial charge in [-0.1, -0.05) is 57.8 Å². The number of allylic oxidation sites excluding steroid dienone is 6. The lowest BCUT2D eigenvalue weighted by Gasteiger charge is -2.22. The van der Waals surface area contributed by atoms with Gasteiger partial charge in [-0.3, -0.25) is 4.79 Å². The van der Waals surface area contributed by atoms with E-state index in [9.17, 15) is 9.90 Å². The van der Waals surface area contributed by atoms with Crippen LogP contribution in [-0.2, 0) is 4.79 Å². The van der Waals surface area contributed by atoms with Crippen LogP contribution in [0.5, 0.6) is 0 Å². The van der Waals surface area contributed by atoms with E-state index in [-0.39, 0.29) is 17.6 Å². The van der Waals surface area contributed by atoms with E-state index in [1.807, 2.05) is 18.2 Å². The minimum atomic E-state index is 0.166. The molecule has 0 radical (unpaired) electrons. The third-order valence-corrected chi connectivity index (χ3v) is 4.85. The van der Waals surface area contributed by atoms with Gasteiger partial charge in [0.15, 0.2) is 5.78 Å². The number of carbonyl (C=O) groups is 1. The number of rotatable bonds is 6. The van der Waals surface area contributed by atoms with Crippen LogP contribution in [-0.4, -0.2) is 10.9 Å². The summed E-state index contributed by atoms with van der Waals surface area (Å²) < 4.78 is 0. The van der Waals surface area contributed by atoms with Gasteiger partial charge in [-0.15, -0.1) is 0 Å². The van der Waals surface area contributed by atoms with Crippen molar-refractivity contribution in [2.24, 2.45) is 11.8 Å². The number of aliphatic hydroxyl groups excluding tert-OH is 1. The van der Waals surface area contributed by atoms with Gasteiger partial charge in [0.2, 0.25) is 0 Å². The fraction of sp³-hybridized carbons (Fsp3) is 0.632. The Bertz CT molecular complexity index is 462. The van der Waals surface area contributed by atoms with Gasteiger partial charge in [-0.25, -0.2) is 0 Å². The molecule has 0 aromatic heterocycles. The fourth-order valence-electron chi connectivity index (χ4n) is 3.55. The summed E-state index contributed by atoms with van der Waals surface area (Å²) in [5, 5.41) is 10.6. The maximum atomic E-state index is 12.7. The molecule has 0 amide bonds. The molecule has 1 fully saturated rings. The standard InChI is InChI=1S/C19H28O2/c1-3-9-14(4-2)18(20)16-12-8-13-17(16)19(21)15-10-6-5-7-11-15/h8,12-15,20H,3-7,9-11H2,1-2H3/b18-16-. The zero-order valence-corrected chi connectivity index (χ0v) is 13.4. The number of carbonyl (C=O) groups excluding carboxylic acids is 1. The van der Waals surface area contributed by atoms with Gasteiger partial charge < -0.3 is 5.11 Å². The summed E-state index contributed by atoms with van der Waals surface area (Å²) in [6, 6.07) is 0. The number of hydrogen-bond donors (Lipinski definition) is 1. The lowest BCUT2D eigenvalue weighted by molar-refractivity contribution is -0.119. The zero-order chi connectivity index (χ0) is 15.2. The molecule has 0 bridgehead atoms. The van der Waals surface area contributed by atoms with Crippen LogP contribution in [0.1, 0.15) is 65.2 Å². The highest BCUT2D eigenvalue weighted by atomic mass is 16.3. The smallest absolute Gasteiger partial charge is 0.166 e. The second kappa shape index (κ2) is 7.63. The van der Waals surface area contributed by atoms with Crippen LogP contribution in [0.4, 0.5) is 0 Å². The molecule has 0 heterocycles. The van der Waals surface area contributed by atoms with Crippen molar-refractivity contribution in [2.75, 3.05) is 0 Å². The molecule has 116 valence electrons. The first-order chi connectivity index (χ1) is 10.2. The second-order valence-electron chi connectivity index (χ2n) is 6.33. The molecule has 0 spiro atoms. The van der Waals surface area contributed by atoms with Crippen molar-refractivity contribution in [1.82, 2.24) is 0 Å². The average Bonchev–Trinajstić information content (AvgIpc) is 3.01. The Labute approximate surface area is 128 Å². The van der Waals surface area contributed by atoms with Gasteiger partial charge in [0.1, 0.15) is 5.76 Å². The third-order valence-electron chi connectivity index (χ3n) is 4.85. The van der Waals surface area contributed by atoms with Gasteiger partial charge >= 0.3 is 0 Å². The predicted molar refractivity (Wildman–Crippen MR) is 87.1 cm³/mol. The van der Waals surface area contributed by atoms with E-state index in [2.05, 4.69) is 13.8 Å². The van der Waals surface area contributed by atoms with Crippen molar-refractivity contribution in [3.8, 4) is 0 Å². The van der Waals surface area contributed by atoms with Gasteiger partial charge in [0.25, 0.3) is 0 Å². The van der Waals surface area contributed by atoms with Crippen LogP contribution < -0.4 is 0 Å². The highest BCUT2D eigenvalue weighted by molar-refractivity contribution is 6.03. The van der Waals surface area contributed by atoms with Crippen LogP contribution in [0.25, 0.3) is 0 Å². The molecule has 2 heteroatoms. The second-order valence-corrected chi connectivity index (χ2v) is 6.33. The van der Waals surface area contributed by atoms with Gasteiger partial charge in [-0.2, -0.15) is 0 Å². The summed E-state index contributed by atoms with van der Waals surface area (Å²) in [5.41, 5.74) is 1.53. The van der Waals surface area contributed by atoms with Crippen LogP contribution in [0.2, 0.25) is 0 Å². The number of ketones is 1. The number of aliphatic hydroxyl groups is 1. The average molecular weight is 288 g/mol. The van der Waals surface area contributed by atoms with Crippen molar-refractivity contribution in [1.29, 1.82) is 0 Å². The third kappa shape index (κ3) is 3.66. The summed E-state index contributed by atoms with van der Waals surface area (Å²) in [5.74, 6) is 1.00. The van der Waals surface area contributed by atoms with Crippen molar-refractivity contribution in [2.45, 2.75) is 65.2 Å². The largest absolute Gasteiger partial charge is 0.511 e. The lowest BCUT2D eigenvalue weighted by atomic mass is 9.81. The van der Waals surface area contributed by atoms with E-state index in [1.54, 1.807) is 0 Å². The Kier molecular flexibility index (Phi) is 5.84. The Morgan fingerprint density at radius 2 is 2.00 bits per heavy atom. The van der Waals surface area contributed by atoms with Gasteiger partial charge in [-0.05, 0) is 25.7 Å². The van der Waals surface area contributed by atoms with Crippen LogP contribution in [0, 0.1) is 11.8 Å². The van der Waals surface area contributed by atoms with E-state index in [0.29, 0.717) is 5.76 Å². The summed E-state index contributed by atoms with van der Waals surface area (Å²) in [6.07, 6.45) is 14.2. The van der Waals surface area contributed by atoms with Crippen molar-refractivity contribution >= 4 is 5.78 Å². The number of hydrogen-bond acceptors (Lipinski definition) is 2. The highest BCUT2D eigenvalue weighted by Crippen LogP contribution is 2.34. The Morgan fingerprint density at radius 3 is 2.62 bits per heavy atom. The molecule has 0 saturated heterocycles. The molecule has 1 N–H and O–H groups in total. The van der Waals surface area contributed by atoms with E-state index in [1.165, 1.54) is 6.42 Å². The van der Waals surface area contributed by atoms with Crippen LogP contribution in [0.3, 0.4) is 0 Å². The lowest BCUT2D eigenvalue weighted by Crippen LogP contribution is -2.20. The molecule has 2 rings (SSSR count). The van der Waals surface area contributed by atoms with Crippen LogP contribution in [0.15, 0.2) is 35.1 Å². The summed E-state index contributed by atoms with van der Waals surface area (Å²) in [4.78, 5) is 12.7. The molecule has 2 nitrogen and oxygen atoms in total. The maximum absolute atomic E-state index is 12.7. The molecule has 1 unspecified atom stereocenters. The molecule has 0 aliphatic heterocycles. The van der Waals surface area contributed by atoms with Crippen LogP contribution >= 0.6 is 0 Å². The summed E-state index contributed by atoms with van der Waals surface area (Å²) in [7, 11) is 0. The molecule has 2 aliphatic rings. The monoisotopic (exact) mass is 288 g/mol. The van der Waals surface area contributed by atoms with Crippen molar-refractivity contribution in [3.63, 3.8) is 0 Å². The van der Waals surface area contributed by atoms with E-state index in [0.717, 1.165) is 56.1 Å². The van der Waals surface area contributed by atoms with Crippen molar-refractivity contribution < 1.29 is 9.90 Å². The molecule has 0 aromatic rings. The Balaban J connectivity index is 2.18. The molecule has 1 atom stereocenters. The molecule has 0 aromatic carbocycles. The molecule has 21 heavy (non-hydrogen) atoms. The van der Waals surface area contributed by atoms with E-state index in [4.69, 9.17) is 0 Å². The highest BCUT2D eigenvalue weighted by Gasteiger charge is 2.28. The minimum Gasteiger partial charge on any atom is -0.511 e. The first-order valence-electron chi connectivity index (χ1n) is 8.55. The van der Waals surface area contributed by atoms with E-state index >= 15 is 0 Å². The first kappa shape index (κ1) is 16.1. The normalized spacial score (nSPS) is 23.0. The molecular weight excluding hydrogens is 260 g/mol. The van der Waals surface area contributed by atoms with Gasteiger partial charge in [0, 0.05) is 23.0 Å². The summed E-state index contributed by atoms with van der Waals surface area (Å²) in [6.45, 7) is 4.23. The van der Waals surface area contributed by atoms with Gasteiger partial charge in [0.05, 0.1) is 0 Å². The maximum Gasteiger partial charge on any atom is 0.166 e. The minimum absolute atomic E-state index is 0.166. The Hall–Kier alpha value is -1.31.